The third-order valence-electron chi connectivity index (χ3n) is 7.28. The molecule has 38 heavy (non-hydrogen) atoms. The molecule has 0 bridgehead atoms. The number of rotatable bonds is 4. The third kappa shape index (κ3) is 3.65. The van der Waals surface area contributed by atoms with Crippen molar-refractivity contribution in [3.8, 4) is 33.4 Å². The fourth-order valence-corrected chi connectivity index (χ4v) is 6.93. The Labute approximate surface area is 225 Å². The molecule has 1 aromatic heterocycles. The molecule has 0 amide bonds. The summed E-state index contributed by atoms with van der Waals surface area (Å²) in [6.07, 6.45) is 0. The molecule has 2 N–H and O–H groups in total. The highest BCUT2D eigenvalue weighted by atomic mass is 32.1. The summed E-state index contributed by atoms with van der Waals surface area (Å²) in [5, 5.41) is 26.8. The Hall–Kier alpha value is -4.22. The monoisotopic (exact) mass is 506 g/mol. The predicted octanol–water partition coefficient (Wildman–Crippen LogP) is 7.89. The van der Waals surface area contributed by atoms with Crippen LogP contribution < -0.4 is 4.78 Å². The fraction of sp³-hybridized carbons (Fsp3) is 0. The number of fused-ring (bicyclic) bond motifs is 4. The second kappa shape index (κ2) is 9.27. The number of thiophene rings is 1. The minimum Gasteiger partial charge on any atom is -0.423 e. The summed E-state index contributed by atoms with van der Waals surface area (Å²) in [7, 11) is -1.57. The Morgan fingerprint density at radius 2 is 1.05 bits per heavy atom. The molecule has 7 rings (SSSR count). The van der Waals surface area contributed by atoms with Crippen LogP contribution in [-0.4, -0.2) is 17.2 Å². The van der Waals surface area contributed by atoms with Crippen molar-refractivity contribution < 1.29 is 10.0 Å². The van der Waals surface area contributed by atoms with Crippen LogP contribution in [0.15, 0.2) is 127 Å². The minimum atomic E-state index is -1.57. The van der Waals surface area contributed by atoms with Crippen LogP contribution in [0, 0.1) is 0 Å². The maximum Gasteiger partial charge on any atom is 0.499 e. The smallest absolute Gasteiger partial charge is 0.423 e. The SMILES string of the molecule is OB(O)c1sc2c(-c3ccccc3)c(-c3ccc4ccccc4c3)c3ccccc3c2c1-c1ccccc1. The molecular formula is C34H23BO2S. The molecule has 0 saturated carbocycles. The topological polar surface area (TPSA) is 40.5 Å². The van der Waals surface area contributed by atoms with Gasteiger partial charge in [-0.3, -0.25) is 0 Å². The first-order valence-corrected chi connectivity index (χ1v) is 13.5. The first-order chi connectivity index (χ1) is 18.7. The van der Waals surface area contributed by atoms with Gasteiger partial charge < -0.3 is 10.0 Å². The number of hydrogen-bond donors (Lipinski definition) is 2. The lowest BCUT2D eigenvalue weighted by atomic mass is 9.80. The van der Waals surface area contributed by atoms with Gasteiger partial charge in [-0.15, -0.1) is 11.3 Å². The molecule has 7 aromatic rings. The maximum atomic E-state index is 10.6. The highest BCUT2D eigenvalue weighted by molar-refractivity contribution is 7.29. The van der Waals surface area contributed by atoms with E-state index < -0.39 is 7.12 Å². The van der Waals surface area contributed by atoms with Gasteiger partial charge in [0.05, 0.1) is 0 Å². The summed E-state index contributed by atoms with van der Waals surface area (Å²) in [5.74, 6) is 0. The molecule has 4 heteroatoms. The van der Waals surface area contributed by atoms with Gasteiger partial charge in [-0.05, 0) is 49.9 Å². The standard InChI is InChI=1S/C34H23BO2S/c36-35(37)34-31(24-14-5-2-6-15-24)32-28-18-10-9-17-27(28)29(26-20-19-22-11-7-8-16-25(22)21-26)30(33(32)38-34)23-12-3-1-4-13-23/h1-21,36-37H. The summed E-state index contributed by atoms with van der Waals surface area (Å²) in [6.45, 7) is 0. The molecular weight excluding hydrogens is 483 g/mol. The van der Waals surface area contributed by atoms with Crippen molar-refractivity contribution >= 4 is 54.9 Å². The van der Waals surface area contributed by atoms with Crippen LogP contribution in [-0.2, 0) is 0 Å². The average molecular weight is 506 g/mol. The predicted molar refractivity (Wildman–Crippen MR) is 163 cm³/mol. The van der Waals surface area contributed by atoms with E-state index in [2.05, 4.69) is 91.0 Å². The van der Waals surface area contributed by atoms with Crippen LogP contribution in [0.5, 0.6) is 0 Å². The van der Waals surface area contributed by atoms with Gasteiger partial charge in [0.25, 0.3) is 0 Å². The average Bonchev–Trinajstić information content (AvgIpc) is 3.38. The molecule has 0 spiro atoms. The molecule has 0 aliphatic carbocycles. The van der Waals surface area contributed by atoms with Crippen molar-refractivity contribution in [1.29, 1.82) is 0 Å². The molecule has 180 valence electrons. The molecule has 0 atom stereocenters. The van der Waals surface area contributed by atoms with E-state index in [-0.39, 0.29) is 0 Å². The van der Waals surface area contributed by atoms with Gasteiger partial charge in [0.15, 0.2) is 0 Å². The van der Waals surface area contributed by atoms with E-state index in [1.165, 1.54) is 22.1 Å². The first kappa shape index (κ1) is 22.9. The zero-order valence-corrected chi connectivity index (χ0v) is 21.3. The van der Waals surface area contributed by atoms with Gasteiger partial charge >= 0.3 is 7.12 Å². The molecule has 0 radical (unpaired) electrons. The van der Waals surface area contributed by atoms with Crippen molar-refractivity contribution in [3.05, 3.63) is 127 Å². The molecule has 0 aliphatic rings. The van der Waals surface area contributed by atoms with Gasteiger partial charge in [-0.25, -0.2) is 0 Å². The van der Waals surface area contributed by atoms with E-state index in [0.717, 1.165) is 54.2 Å². The van der Waals surface area contributed by atoms with Crippen LogP contribution in [0.4, 0.5) is 0 Å². The van der Waals surface area contributed by atoms with E-state index in [1.807, 2.05) is 36.4 Å². The first-order valence-electron chi connectivity index (χ1n) is 12.7. The lowest BCUT2D eigenvalue weighted by Crippen LogP contribution is -2.28. The second-order valence-electron chi connectivity index (χ2n) is 9.51. The number of benzene rings is 6. The van der Waals surface area contributed by atoms with Crippen molar-refractivity contribution in [2.75, 3.05) is 0 Å². The third-order valence-corrected chi connectivity index (χ3v) is 8.52. The normalized spacial score (nSPS) is 11.4. The largest absolute Gasteiger partial charge is 0.499 e. The van der Waals surface area contributed by atoms with Gasteiger partial charge in [-0.1, -0.05) is 121 Å². The van der Waals surface area contributed by atoms with Crippen LogP contribution in [0.25, 0.3) is 65.0 Å². The molecule has 0 saturated heterocycles. The zero-order valence-electron chi connectivity index (χ0n) is 20.5. The Morgan fingerprint density at radius 1 is 0.474 bits per heavy atom. The van der Waals surface area contributed by atoms with Gasteiger partial charge in [0.2, 0.25) is 0 Å². The lowest BCUT2D eigenvalue weighted by molar-refractivity contribution is 0.427. The summed E-state index contributed by atoms with van der Waals surface area (Å²) < 4.78 is 1.62. The van der Waals surface area contributed by atoms with E-state index in [0.29, 0.717) is 4.78 Å². The Morgan fingerprint density at radius 3 is 1.74 bits per heavy atom. The van der Waals surface area contributed by atoms with Gasteiger partial charge in [0.1, 0.15) is 0 Å². The Kier molecular flexibility index (Phi) is 5.59. The van der Waals surface area contributed by atoms with Gasteiger partial charge in [0, 0.05) is 26.0 Å². The summed E-state index contributed by atoms with van der Waals surface area (Å²) in [4.78, 5) is 0. The quantitative estimate of drug-likeness (QED) is 0.238. The Bertz CT molecular complexity index is 1940. The van der Waals surface area contributed by atoms with Crippen LogP contribution in [0.3, 0.4) is 0 Å². The highest BCUT2D eigenvalue weighted by Gasteiger charge is 2.28. The van der Waals surface area contributed by atoms with Crippen molar-refractivity contribution in [2.45, 2.75) is 0 Å². The highest BCUT2D eigenvalue weighted by Crippen LogP contribution is 2.49. The summed E-state index contributed by atoms with van der Waals surface area (Å²) in [6, 6.07) is 44.1. The maximum absolute atomic E-state index is 10.6. The summed E-state index contributed by atoms with van der Waals surface area (Å²) in [5.41, 5.74) is 6.38. The van der Waals surface area contributed by atoms with E-state index in [1.54, 1.807) is 0 Å². The molecule has 0 unspecified atom stereocenters. The van der Waals surface area contributed by atoms with E-state index >= 15 is 0 Å². The second-order valence-corrected chi connectivity index (χ2v) is 10.6. The number of hydrogen-bond acceptors (Lipinski definition) is 3. The minimum absolute atomic E-state index is 0.559. The molecule has 6 aromatic carbocycles. The van der Waals surface area contributed by atoms with Crippen LogP contribution in [0.1, 0.15) is 0 Å². The van der Waals surface area contributed by atoms with E-state index in [9.17, 15) is 10.0 Å². The van der Waals surface area contributed by atoms with Crippen molar-refractivity contribution in [2.24, 2.45) is 0 Å². The lowest BCUT2D eigenvalue weighted by Gasteiger charge is -2.18. The zero-order chi connectivity index (χ0) is 25.6. The molecule has 1 heterocycles. The van der Waals surface area contributed by atoms with Gasteiger partial charge in [-0.2, -0.15) is 0 Å². The van der Waals surface area contributed by atoms with Crippen molar-refractivity contribution in [3.63, 3.8) is 0 Å². The Balaban J connectivity index is 1.71. The molecule has 2 nitrogen and oxygen atoms in total. The summed E-state index contributed by atoms with van der Waals surface area (Å²) >= 11 is 1.48. The van der Waals surface area contributed by atoms with E-state index in [4.69, 9.17) is 0 Å². The fourth-order valence-electron chi connectivity index (χ4n) is 5.65. The molecule has 0 aliphatic heterocycles. The molecule has 0 fully saturated rings. The van der Waals surface area contributed by atoms with Crippen LogP contribution in [0.2, 0.25) is 0 Å². The van der Waals surface area contributed by atoms with Crippen LogP contribution >= 0.6 is 11.3 Å². The van der Waals surface area contributed by atoms with Crippen molar-refractivity contribution in [1.82, 2.24) is 0 Å².